The van der Waals surface area contributed by atoms with Gasteiger partial charge in [-0.25, -0.2) is 0 Å². The predicted molar refractivity (Wildman–Crippen MR) is 125 cm³/mol. The lowest BCUT2D eigenvalue weighted by molar-refractivity contribution is -0.145. The van der Waals surface area contributed by atoms with E-state index in [1.54, 1.807) is 6.92 Å². The number of ketones is 2. The van der Waals surface area contributed by atoms with Gasteiger partial charge in [0.05, 0.1) is 6.10 Å². The van der Waals surface area contributed by atoms with Crippen LogP contribution >= 0.6 is 0 Å². The molecule has 5 nitrogen and oxygen atoms in total. The van der Waals surface area contributed by atoms with E-state index in [0.29, 0.717) is 25.7 Å². The summed E-state index contributed by atoms with van der Waals surface area (Å²) in [7, 11) is 0. The number of halogens is 2. The Morgan fingerprint density at radius 1 is 1.15 bits per heavy atom. The molecule has 0 saturated heterocycles. The summed E-state index contributed by atoms with van der Waals surface area (Å²) in [4.78, 5) is 36.1. The van der Waals surface area contributed by atoms with Crippen LogP contribution in [-0.4, -0.2) is 34.7 Å². The molecule has 3 atom stereocenters. The molecule has 34 heavy (non-hydrogen) atoms. The van der Waals surface area contributed by atoms with Crippen LogP contribution in [0.25, 0.3) is 0 Å². The van der Waals surface area contributed by atoms with Gasteiger partial charge in [-0.3, -0.25) is 14.4 Å². The first-order valence-corrected chi connectivity index (χ1v) is 12.2. The van der Waals surface area contributed by atoms with E-state index in [0.717, 1.165) is 5.56 Å². The molecule has 1 fully saturated rings. The molecule has 0 spiro atoms. The number of aliphatic hydroxyl groups is 1. The zero-order chi connectivity index (χ0) is 25.0. The average molecular weight is 479 g/mol. The molecule has 0 bridgehead atoms. The number of hydrogen-bond acceptors (Lipinski definition) is 5. The number of esters is 1. The van der Waals surface area contributed by atoms with Crippen molar-refractivity contribution in [2.24, 2.45) is 11.8 Å². The fourth-order valence-electron chi connectivity index (χ4n) is 4.27. The summed E-state index contributed by atoms with van der Waals surface area (Å²) in [5.74, 6) is -5.79. The van der Waals surface area contributed by atoms with E-state index >= 15 is 0 Å². The first kappa shape index (κ1) is 27.8. The SMILES string of the molecule is CCCCC(F)(F)C(=O)CC[C@H]1[C@H](O)CC(=O)[C@@H]1C/C=C/CCCC(=O)OCc1ccccc1. The van der Waals surface area contributed by atoms with Gasteiger partial charge in [0.1, 0.15) is 12.4 Å². The van der Waals surface area contributed by atoms with Gasteiger partial charge < -0.3 is 9.84 Å². The van der Waals surface area contributed by atoms with Crippen molar-refractivity contribution in [2.45, 2.75) is 89.8 Å². The lowest BCUT2D eigenvalue weighted by Crippen LogP contribution is -2.30. The van der Waals surface area contributed by atoms with Crippen LogP contribution in [0.15, 0.2) is 42.5 Å². The Kier molecular flexibility index (Phi) is 11.5. The van der Waals surface area contributed by atoms with Gasteiger partial charge >= 0.3 is 11.9 Å². The van der Waals surface area contributed by atoms with Crippen LogP contribution in [0.2, 0.25) is 0 Å². The third-order valence-electron chi connectivity index (χ3n) is 6.34. The van der Waals surface area contributed by atoms with Crippen LogP contribution < -0.4 is 0 Å². The fourth-order valence-corrected chi connectivity index (χ4v) is 4.27. The first-order chi connectivity index (χ1) is 16.2. The lowest BCUT2D eigenvalue weighted by Gasteiger charge is -2.21. The summed E-state index contributed by atoms with van der Waals surface area (Å²) in [6.45, 7) is 2.03. The van der Waals surface area contributed by atoms with Gasteiger partial charge in [0.2, 0.25) is 5.78 Å². The second kappa shape index (κ2) is 14.1. The zero-order valence-corrected chi connectivity index (χ0v) is 19.9. The smallest absolute Gasteiger partial charge is 0.306 e. The van der Waals surface area contributed by atoms with Crippen LogP contribution in [-0.2, 0) is 25.7 Å². The highest BCUT2D eigenvalue weighted by molar-refractivity contribution is 5.86. The van der Waals surface area contributed by atoms with E-state index in [9.17, 15) is 28.3 Å². The Bertz CT molecular complexity index is 822. The average Bonchev–Trinajstić information content (AvgIpc) is 3.09. The summed E-state index contributed by atoms with van der Waals surface area (Å²) in [5, 5.41) is 10.2. The highest BCUT2D eigenvalue weighted by Crippen LogP contribution is 2.36. The normalized spacial score (nSPS) is 20.7. The second-order valence-corrected chi connectivity index (χ2v) is 9.02. The standard InChI is InChI=1S/C27H36F2O5/c1-2-3-17-27(28,29)25(32)16-15-22-21(23(30)18-24(22)31)13-9-4-5-10-14-26(33)34-19-20-11-7-6-8-12-20/h4,6-9,11-12,21-22,24,31H,2-3,5,10,13-19H2,1H3/b9-4+/t21-,22-,24-/m1/s1. The van der Waals surface area contributed by atoms with Crippen LogP contribution in [0.3, 0.4) is 0 Å². The van der Waals surface area contributed by atoms with E-state index in [1.807, 2.05) is 42.5 Å². The molecule has 0 amide bonds. The quantitative estimate of drug-likeness (QED) is 0.202. The molecule has 188 valence electrons. The number of ether oxygens (including phenoxy) is 1. The van der Waals surface area contributed by atoms with Gasteiger partial charge in [-0.05, 0) is 43.6 Å². The Labute approximate surface area is 200 Å². The maximum atomic E-state index is 13.9. The first-order valence-electron chi connectivity index (χ1n) is 12.2. The number of aliphatic hydroxyl groups excluding tert-OH is 1. The summed E-state index contributed by atoms with van der Waals surface area (Å²) in [6, 6.07) is 9.43. The number of rotatable bonds is 15. The van der Waals surface area contributed by atoms with Gasteiger partial charge in [-0.1, -0.05) is 55.8 Å². The number of Topliss-reactive ketones (excluding diaryl/α,β-unsaturated/α-hetero) is 2. The molecule has 1 saturated carbocycles. The monoisotopic (exact) mass is 478 g/mol. The van der Waals surface area contributed by atoms with Crippen molar-refractivity contribution < 1.29 is 33.0 Å². The number of alkyl halides is 2. The van der Waals surface area contributed by atoms with E-state index in [1.165, 1.54) is 0 Å². The van der Waals surface area contributed by atoms with Crippen molar-refractivity contribution in [3.8, 4) is 0 Å². The summed E-state index contributed by atoms with van der Waals surface area (Å²) in [5.41, 5.74) is 0.931. The summed E-state index contributed by atoms with van der Waals surface area (Å²) < 4.78 is 33.1. The number of carbonyl (C=O) groups is 3. The summed E-state index contributed by atoms with van der Waals surface area (Å²) >= 11 is 0. The minimum atomic E-state index is -3.35. The van der Waals surface area contributed by atoms with Gasteiger partial charge in [0, 0.05) is 31.6 Å². The summed E-state index contributed by atoms with van der Waals surface area (Å²) in [6.07, 6.45) is 4.88. The van der Waals surface area contributed by atoms with E-state index in [-0.39, 0.29) is 50.5 Å². The Morgan fingerprint density at radius 2 is 1.88 bits per heavy atom. The number of unbranched alkanes of at least 4 members (excludes halogenated alkanes) is 2. The number of benzene rings is 1. The van der Waals surface area contributed by atoms with Crippen molar-refractivity contribution in [3.05, 3.63) is 48.0 Å². The molecule has 7 heteroatoms. The molecule has 1 N–H and O–H groups in total. The van der Waals surface area contributed by atoms with E-state index < -0.39 is 36.1 Å². The van der Waals surface area contributed by atoms with E-state index in [4.69, 9.17) is 4.74 Å². The molecular formula is C27H36F2O5. The lowest BCUT2D eigenvalue weighted by atomic mass is 9.86. The van der Waals surface area contributed by atoms with Crippen LogP contribution in [0.5, 0.6) is 0 Å². The maximum absolute atomic E-state index is 13.9. The van der Waals surface area contributed by atoms with Crippen molar-refractivity contribution in [1.29, 1.82) is 0 Å². The van der Waals surface area contributed by atoms with Crippen LogP contribution in [0.1, 0.15) is 76.7 Å². The molecule has 0 unspecified atom stereocenters. The largest absolute Gasteiger partial charge is 0.461 e. The fraction of sp³-hybridized carbons (Fsp3) is 0.593. The minimum Gasteiger partial charge on any atom is -0.461 e. The molecule has 1 aromatic carbocycles. The Morgan fingerprint density at radius 3 is 2.59 bits per heavy atom. The second-order valence-electron chi connectivity index (χ2n) is 9.02. The highest BCUT2D eigenvalue weighted by Gasteiger charge is 2.43. The minimum absolute atomic E-state index is 0.00313. The number of allylic oxidation sites excluding steroid dienone is 2. The van der Waals surface area contributed by atoms with E-state index in [2.05, 4.69) is 0 Å². The van der Waals surface area contributed by atoms with Gasteiger partial charge in [-0.2, -0.15) is 8.78 Å². The Hall–Kier alpha value is -2.41. The van der Waals surface area contributed by atoms with Crippen molar-refractivity contribution in [2.75, 3.05) is 0 Å². The topological polar surface area (TPSA) is 80.7 Å². The molecule has 0 aliphatic heterocycles. The zero-order valence-electron chi connectivity index (χ0n) is 19.9. The molecule has 1 aliphatic rings. The molecule has 0 heterocycles. The third kappa shape index (κ3) is 9.09. The highest BCUT2D eigenvalue weighted by atomic mass is 19.3. The van der Waals surface area contributed by atoms with Crippen LogP contribution in [0.4, 0.5) is 8.78 Å². The van der Waals surface area contributed by atoms with Crippen molar-refractivity contribution >= 4 is 17.5 Å². The van der Waals surface area contributed by atoms with Gasteiger partial charge in [0.15, 0.2) is 0 Å². The molecule has 1 aromatic rings. The molecule has 0 radical (unpaired) electrons. The molecule has 0 aromatic heterocycles. The van der Waals surface area contributed by atoms with Gasteiger partial charge in [0.25, 0.3) is 0 Å². The van der Waals surface area contributed by atoms with Gasteiger partial charge in [-0.15, -0.1) is 0 Å². The number of hydrogen-bond donors (Lipinski definition) is 1. The maximum Gasteiger partial charge on any atom is 0.306 e. The van der Waals surface area contributed by atoms with Crippen molar-refractivity contribution in [3.63, 3.8) is 0 Å². The molecule has 2 rings (SSSR count). The predicted octanol–water partition coefficient (Wildman–Crippen LogP) is 5.59. The third-order valence-corrected chi connectivity index (χ3v) is 6.34. The Balaban J connectivity index is 1.71. The van der Waals surface area contributed by atoms with Crippen molar-refractivity contribution in [1.82, 2.24) is 0 Å². The van der Waals surface area contributed by atoms with Crippen LogP contribution in [0, 0.1) is 11.8 Å². The molecule has 1 aliphatic carbocycles. The number of carbonyl (C=O) groups excluding carboxylic acids is 3. The molecular weight excluding hydrogens is 442 g/mol.